The second kappa shape index (κ2) is 8.55. The van der Waals surface area contributed by atoms with Crippen molar-refractivity contribution < 1.29 is 29.0 Å². The monoisotopic (exact) mass is 366 g/mol. The first kappa shape index (κ1) is 21.3. The number of benzene rings is 1. The highest BCUT2D eigenvalue weighted by Crippen LogP contribution is 2.24. The molecule has 1 rings (SSSR count). The van der Waals surface area contributed by atoms with Crippen molar-refractivity contribution in [2.24, 2.45) is 0 Å². The van der Waals surface area contributed by atoms with Crippen LogP contribution in [0.5, 0.6) is 5.75 Å². The van der Waals surface area contributed by atoms with Crippen molar-refractivity contribution >= 4 is 18.0 Å². The minimum Gasteiger partial charge on any atom is -0.497 e. The number of rotatable bonds is 6. The zero-order valence-electron chi connectivity index (χ0n) is 15.9. The highest BCUT2D eigenvalue weighted by Gasteiger charge is 2.33. The number of carboxylic acid groups (broad SMARTS) is 1. The van der Waals surface area contributed by atoms with Gasteiger partial charge in [0, 0.05) is 7.05 Å². The summed E-state index contributed by atoms with van der Waals surface area (Å²) in [6, 6.07) is 4.41. The molecule has 8 heteroatoms. The Kier molecular flexibility index (Phi) is 7.00. The summed E-state index contributed by atoms with van der Waals surface area (Å²) < 4.78 is 10.4. The summed E-state index contributed by atoms with van der Waals surface area (Å²) in [5.74, 6) is -1.21. The SMILES string of the molecule is COc1ccc([C@@H](C(=O)N[C@@H](C)C(=O)O)N(C)C(=O)OC(C)(C)C)cc1. The molecule has 1 aromatic rings. The molecule has 0 bridgehead atoms. The van der Waals surface area contributed by atoms with Crippen molar-refractivity contribution in [2.75, 3.05) is 14.2 Å². The van der Waals surface area contributed by atoms with Crippen LogP contribution in [-0.4, -0.2) is 53.8 Å². The first-order chi connectivity index (χ1) is 12.0. The van der Waals surface area contributed by atoms with Crippen LogP contribution in [0, 0.1) is 0 Å². The van der Waals surface area contributed by atoms with Crippen molar-refractivity contribution in [1.82, 2.24) is 10.2 Å². The first-order valence-electron chi connectivity index (χ1n) is 8.09. The van der Waals surface area contributed by atoms with Crippen molar-refractivity contribution in [1.29, 1.82) is 0 Å². The summed E-state index contributed by atoms with van der Waals surface area (Å²) in [5, 5.41) is 11.4. The van der Waals surface area contributed by atoms with Gasteiger partial charge in [0.15, 0.2) is 0 Å². The van der Waals surface area contributed by atoms with Crippen LogP contribution < -0.4 is 10.1 Å². The molecule has 0 aliphatic carbocycles. The lowest BCUT2D eigenvalue weighted by molar-refractivity contribution is -0.142. The molecule has 0 saturated carbocycles. The fourth-order valence-corrected chi connectivity index (χ4v) is 2.13. The first-order valence-corrected chi connectivity index (χ1v) is 8.09. The number of nitrogens with zero attached hydrogens (tertiary/aromatic N) is 1. The molecule has 1 aromatic carbocycles. The van der Waals surface area contributed by atoms with Crippen LogP contribution in [0.1, 0.15) is 39.3 Å². The van der Waals surface area contributed by atoms with Gasteiger partial charge >= 0.3 is 12.1 Å². The average molecular weight is 366 g/mol. The molecule has 144 valence electrons. The van der Waals surface area contributed by atoms with Crippen LogP contribution in [0.3, 0.4) is 0 Å². The van der Waals surface area contributed by atoms with Gasteiger partial charge in [-0.1, -0.05) is 12.1 Å². The van der Waals surface area contributed by atoms with Gasteiger partial charge in [-0.15, -0.1) is 0 Å². The van der Waals surface area contributed by atoms with E-state index in [0.717, 1.165) is 4.90 Å². The lowest BCUT2D eigenvalue weighted by Gasteiger charge is -2.30. The van der Waals surface area contributed by atoms with E-state index in [1.54, 1.807) is 45.0 Å². The predicted octanol–water partition coefficient (Wildman–Crippen LogP) is 2.19. The second-order valence-corrected chi connectivity index (χ2v) is 6.84. The number of aliphatic carboxylic acids is 1. The molecule has 0 saturated heterocycles. The molecule has 0 heterocycles. The maximum Gasteiger partial charge on any atom is 0.410 e. The minimum atomic E-state index is -1.17. The largest absolute Gasteiger partial charge is 0.497 e. The molecule has 2 atom stereocenters. The molecule has 0 spiro atoms. The van der Waals surface area contributed by atoms with E-state index >= 15 is 0 Å². The maximum atomic E-state index is 12.7. The van der Waals surface area contributed by atoms with Crippen molar-refractivity contribution in [3.05, 3.63) is 29.8 Å². The fraction of sp³-hybridized carbons (Fsp3) is 0.500. The number of methoxy groups -OCH3 is 1. The number of carbonyl (C=O) groups is 3. The Balaban J connectivity index is 3.16. The molecular weight excluding hydrogens is 340 g/mol. The fourth-order valence-electron chi connectivity index (χ4n) is 2.13. The smallest absolute Gasteiger partial charge is 0.410 e. The summed E-state index contributed by atoms with van der Waals surface area (Å²) in [6.07, 6.45) is -0.698. The van der Waals surface area contributed by atoms with E-state index in [2.05, 4.69) is 5.32 Å². The van der Waals surface area contributed by atoms with Gasteiger partial charge in [-0.25, -0.2) is 4.79 Å². The van der Waals surface area contributed by atoms with E-state index in [1.807, 2.05) is 0 Å². The molecule has 26 heavy (non-hydrogen) atoms. The normalized spacial score (nSPS) is 13.3. The number of carbonyl (C=O) groups excluding carboxylic acids is 2. The summed E-state index contributed by atoms with van der Waals surface area (Å²) >= 11 is 0. The van der Waals surface area contributed by atoms with Crippen LogP contribution in [0.25, 0.3) is 0 Å². The van der Waals surface area contributed by atoms with Gasteiger partial charge in [-0.3, -0.25) is 14.5 Å². The predicted molar refractivity (Wildman–Crippen MR) is 95.0 cm³/mol. The Bertz CT molecular complexity index is 651. The highest BCUT2D eigenvalue weighted by atomic mass is 16.6. The van der Waals surface area contributed by atoms with Crippen molar-refractivity contribution in [2.45, 2.75) is 45.4 Å². The highest BCUT2D eigenvalue weighted by molar-refractivity contribution is 5.90. The second-order valence-electron chi connectivity index (χ2n) is 6.84. The molecule has 8 nitrogen and oxygen atoms in total. The van der Waals surface area contributed by atoms with E-state index in [4.69, 9.17) is 14.6 Å². The summed E-state index contributed by atoms with van der Waals surface area (Å²) in [7, 11) is 2.94. The van der Waals surface area contributed by atoms with Crippen LogP contribution in [0.2, 0.25) is 0 Å². The van der Waals surface area contributed by atoms with E-state index in [0.29, 0.717) is 11.3 Å². The van der Waals surface area contributed by atoms with Crippen LogP contribution in [0.15, 0.2) is 24.3 Å². The lowest BCUT2D eigenvalue weighted by atomic mass is 10.0. The molecule has 0 unspecified atom stereocenters. The third-order valence-electron chi connectivity index (χ3n) is 3.48. The van der Waals surface area contributed by atoms with Gasteiger partial charge in [0.25, 0.3) is 0 Å². The molecule has 2 amide bonds. The molecule has 0 aliphatic rings. The zero-order valence-corrected chi connectivity index (χ0v) is 15.9. The summed E-state index contributed by atoms with van der Waals surface area (Å²) in [5.41, 5.74) is -0.241. The third kappa shape index (κ3) is 5.94. The number of amides is 2. The maximum absolute atomic E-state index is 12.7. The van der Waals surface area contributed by atoms with Crippen LogP contribution in [0.4, 0.5) is 4.79 Å². The number of carboxylic acids is 1. The molecule has 0 aliphatic heterocycles. The minimum absolute atomic E-state index is 0.495. The van der Waals surface area contributed by atoms with Gasteiger partial charge in [-0.05, 0) is 45.4 Å². The van der Waals surface area contributed by atoms with E-state index in [1.165, 1.54) is 21.1 Å². The Morgan fingerprint density at radius 1 is 1.15 bits per heavy atom. The third-order valence-corrected chi connectivity index (χ3v) is 3.48. The molecular formula is C18H26N2O6. The number of ether oxygens (including phenoxy) is 2. The lowest BCUT2D eigenvalue weighted by Crippen LogP contribution is -2.47. The van der Waals surface area contributed by atoms with Crippen molar-refractivity contribution in [3.8, 4) is 5.75 Å². The van der Waals surface area contributed by atoms with Gasteiger partial charge in [0.05, 0.1) is 7.11 Å². The Morgan fingerprint density at radius 3 is 2.12 bits per heavy atom. The van der Waals surface area contributed by atoms with Gasteiger partial charge in [-0.2, -0.15) is 0 Å². The summed E-state index contributed by atoms with van der Waals surface area (Å²) in [6.45, 7) is 6.49. The molecule has 0 radical (unpaired) electrons. The molecule has 2 N–H and O–H groups in total. The quantitative estimate of drug-likeness (QED) is 0.800. The standard InChI is InChI=1S/C18H26N2O6/c1-11(16(22)23)19-15(21)14(12-7-9-13(25-6)10-8-12)20(5)17(24)26-18(2,3)4/h7-11,14H,1-6H3,(H,19,21)(H,22,23)/t11-,14-/m0/s1. The van der Waals surface area contributed by atoms with Gasteiger partial charge < -0.3 is 19.9 Å². The zero-order chi connectivity index (χ0) is 20.1. The number of likely N-dealkylation sites (N-methyl/N-ethyl adjacent to an activating group) is 1. The Morgan fingerprint density at radius 2 is 1.69 bits per heavy atom. The Hall–Kier alpha value is -2.77. The molecule has 0 fully saturated rings. The van der Waals surface area contributed by atoms with E-state index in [9.17, 15) is 14.4 Å². The molecule has 0 aromatic heterocycles. The Labute approximate surface area is 153 Å². The summed E-state index contributed by atoms with van der Waals surface area (Å²) in [4.78, 5) is 37.2. The number of nitrogens with one attached hydrogen (secondary N) is 1. The van der Waals surface area contributed by atoms with Gasteiger partial charge in [0.1, 0.15) is 23.4 Å². The van der Waals surface area contributed by atoms with E-state index < -0.39 is 35.7 Å². The van der Waals surface area contributed by atoms with Crippen LogP contribution in [-0.2, 0) is 14.3 Å². The van der Waals surface area contributed by atoms with Gasteiger partial charge in [0.2, 0.25) is 5.91 Å². The number of hydrogen-bond donors (Lipinski definition) is 2. The number of hydrogen-bond acceptors (Lipinski definition) is 5. The average Bonchev–Trinajstić information content (AvgIpc) is 2.53. The topological polar surface area (TPSA) is 105 Å². The van der Waals surface area contributed by atoms with Crippen molar-refractivity contribution in [3.63, 3.8) is 0 Å². The van der Waals surface area contributed by atoms with E-state index in [-0.39, 0.29) is 0 Å². The van der Waals surface area contributed by atoms with Crippen LogP contribution >= 0.6 is 0 Å².